The number of rotatable bonds is 6. The molecule has 0 spiro atoms. The van der Waals surface area contributed by atoms with Crippen molar-refractivity contribution in [2.45, 2.75) is 17.1 Å². The van der Waals surface area contributed by atoms with Crippen molar-refractivity contribution in [2.75, 3.05) is 11.5 Å². The Labute approximate surface area is 137 Å². The van der Waals surface area contributed by atoms with E-state index in [1.165, 1.54) is 0 Å². The van der Waals surface area contributed by atoms with Crippen molar-refractivity contribution in [3.63, 3.8) is 0 Å². The molecular formula is C16H17N3OS2. The predicted octanol–water partition coefficient (Wildman–Crippen LogP) is 3.08. The van der Waals surface area contributed by atoms with E-state index in [2.05, 4.69) is 10.3 Å². The van der Waals surface area contributed by atoms with Crippen LogP contribution in [0.1, 0.15) is 5.56 Å². The summed E-state index contributed by atoms with van der Waals surface area (Å²) in [4.78, 5) is 4.53. The molecule has 0 amide bonds. The van der Waals surface area contributed by atoms with Gasteiger partial charge in [-0.25, -0.2) is 4.98 Å². The molecule has 0 bridgehead atoms. The summed E-state index contributed by atoms with van der Waals surface area (Å²) in [7, 11) is 0. The van der Waals surface area contributed by atoms with Gasteiger partial charge in [-0.15, -0.1) is 11.3 Å². The fourth-order valence-corrected chi connectivity index (χ4v) is 4.06. The summed E-state index contributed by atoms with van der Waals surface area (Å²) in [6.07, 6.45) is -0.567. The van der Waals surface area contributed by atoms with E-state index in [4.69, 9.17) is 5.73 Å². The minimum atomic E-state index is -0.567. The minimum absolute atomic E-state index is 0.558. The molecule has 0 saturated carbocycles. The van der Waals surface area contributed by atoms with Crippen molar-refractivity contribution in [1.29, 1.82) is 0 Å². The number of aliphatic hydroxyl groups excluding tert-OH is 1. The highest BCUT2D eigenvalue weighted by atomic mass is 32.2. The van der Waals surface area contributed by atoms with Crippen molar-refractivity contribution in [1.82, 2.24) is 10.3 Å². The molecule has 4 N–H and O–H groups in total. The van der Waals surface area contributed by atoms with E-state index in [1.54, 1.807) is 23.1 Å². The molecule has 3 aromatic rings. The monoisotopic (exact) mass is 331 g/mol. The molecule has 0 radical (unpaired) electrons. The number of nitrogens with zero attached hydrogens (tertiary/aromatic N) is 1. The third-order valence-corrected chi connectivity index (χ3v) is 5.38. The molecule has 3 rings (SSSR count). The minimum Gasteiger partial charge on any atom is -0.399 e. The van der Waals surface area contributed by atoms with Crippen LogP contribution in [-0.4, -0.2) is 22.1 Å². The van der Waals surface area contributed by atoms with Crippen LogP contribution in [0.5, 0.6) is 0 Å². The summed E-state index contributed by atoms with van der Waals surface area (Å²) in [5.74, 6) is 0.558. The average molecular weight is 331 g/mol. The Morgan fingerprint density at radius 3 is 2.86 bits per heavy atom. The number of thioether (sulfide) groups is 1. The van der Waals surface area contributed by atoms with E-state index in [0.717, 1.165) is 25.8 Å². The quantitative estimate of drug-likeness (QED) is 0.368. The van der Waals surface area contributed by atoms with E-state index in [-0.39, 0.29) is 0 Å². The number of nitrogens with one attached hydrogen (secondary N) is 1. The second-order valence-corrected chi connectivity index (χ2v) is 7.20. The van der Waals surface area contributed by atoms with E-state index >= 15 is 0 Å². The van der Waals surface area contributed by atoms with Crippen molar-refractivity contribution in [3.8, 4) is 0 Å². The molecule has 1 heterocycles. The lowest BCUT2D eigenvalue weighted by atomic mass is 10.2. The molecule has 114 valence electrons. The fourth-order valence-electron chi connectivity index (χ4n) is 2.02. The normalized spacial score (nSPS) is 12.6. The molecule has 1 atom stereocenters. The summed E-state index contributed by atoms with van der Waals surface area (Å²) >= 11 is 3.15. The lowest BCUT2D eigenvalue weighted by Gasteiger charge is -2.11. The maximum Gasteiger partial charge on any atom is 0.151 e. The molecule has 0 aliphatic heterocycles. The highest BCUT2D eigenvalue weighted by Gasteiger charge is 2.08. The SMILES string of the molecule is Nc1ccc2nc(SCC(O)NCc3ccccc3)sc2c1. The Kier molecular flexibility index (Phi) is 4.94. The van der Waals surface area contributed by atoms with Crippen LogP contribution < -0.4 is 11.1 Å². The van der Waals surface area contributed by atoms with Crippen LogP contribution in [-0.2, 0) is 6.54 Å². The van der Waals surface area contributed by atoms with Gasteiger partial charge in [0.1, 0.15) is 6.23 Å². The summed E-state index contributed by atoms with van der Waals surface area (Å²) in [6.45, 7) is 0.652. The highest BCUT2D eigenvalue weighted by Crippen LogP contribution is 2.30. The summed E-state index contributed by atoms with van der Waals surface area (Å²) in [5.41, 5.74) is 8.63. The molecule has 4 nitrogen and oxygen atoms in total. The summed E-state index contributed by atoms with van der Waals surface area (Å²) < 4.78 is 2.02. The van der Waals surface area contributed by atoms with Gasteiger partial charge in [0.15, 0.2) is 4.34 Å². The van der Waals surface area contributed by atoms with Crippen molar-refractivity contribution < 1.29 is 5.11 Å². The Morgan fingerprint density at radius 2 is 2.05 bits per heavy atom. The van der Waals surface area contributed by atoms with Gasteiger partial charge in [0.05, 0.1) is 10.2 Å². The van der Waals surface area contributed by atoms with Gasteiger partial charge in [-0.2, -0.15) is 0 Å². The van der Waals surface area contributed by atoms with Crippen LogP contribution in [0.3, 0.4) is 0 Å². The second kappa shape index (κ2) is 7.11. The van der Waals surface area contributed by atoms with Crippen molar-refractivity contribution in [2.24, 2.45) is 0 Å². The number of nitrogens with two attached hydrogens (primary N) is 1. The largest absolute Gasteiger partial charge is 0.399 e. The van der Waals surface area contributed by atoms with Crippen LogP contribution in [0.2, 0.25) is 0 Å². The lowest BCUT2D eigenvalue weighted by Crippen LogP contribution is -2.30. The molecule has 1 aromatic heterocycles. The number of fused-ring (bicyclic) bond motifs is 1. The predicted molar refractivity (Wildman–Crippen MR) is 94.0 cm³/mol. The van der Waals surface area contributed by atoms with Crippen LogP contribution in [0.15, 0.2) is 52.9 Å². The zero-order valence-electron chi connectivity index (χ0n) is 11.9. The Morgan fingerprint density at radius 1 is 1.23 bits per heavy atom. The highest BCUT2D eigenvalue weighted by molar-refractivity contribution is 8.01. The first-order valence-electron chi connectivity index (χ1n) is 6.95. The first kappa shape index (κ1) is 15.3. The van der Waals surface area contributed by atoms with Gasteiger partial charge in [-0.3, -0.25) is 5.32 Å². The van der Waals surface area contributed by atoms with Gasteiger partial charge in [0, 0.05) is 18.0 Å². The second-order valence-electron chi connectivity index (χ2n) is 4.90. The number of aromatic nitrogens is 1. The van der Waals surface area contributed by atoms with Crippen LogP contribution in [0.25, 0.3) is 10.2 Å². The standard InChI is InChI=1S/C16H17N3OS2/c17-12-6-7-13-14(8-12)22-16(19-13)21-10-15(20)18-9-11-4-2-1-3-5-11/h1-8,15,18,20H,9-10,17H2. The Balaban J connectivity index is 1.52. The van der Waals surface area contributed by atoms with E-state index in [0.29, 0.717) is 12.3 Å². The molecule has 2 aromatic carbocycles. The zero-order chi connectivity index (χ0) is 15.4. The molecular weight excluding hydrogens is 314 g/mol. The maximum atomic E-state index is 10.0. The summed E-state index contributed by atoms with van der Waals surface area (Å²) in [6, 6.07) is 15.7. The van der Waals surface area contributed by atoms with E-state index < -0.39 is 6.23 Å². The number of thiazole rings is 1. The van der Waals surface area contributed by atoms with Gasteiger partial charge in [0.2, 0.25) is 0 Å². The Hall–Kier alpha value is -1.60. The molecule has 1 unspecified atom stereocenters. The number of nitrogen functional groups attached to an aromatic ring is 1. The zero-order valence-corrected chi connectivity index (χ0v) is 13.5. The van der Waals surface area contributed by atoms with E-state index in [1.807, 2.05) is 48.5 Å². The maximum absolute atomic E-state index is 10.0. The van der Waals surface area contributed by atoms with E-state index in [9.17, 15) is 5.11 Å². The lowest BCUT2D eigenvalue weighted by molar-refractivity contribution is 0.159. The molecule has 0 saturated heterocycles. The van der Waals surface area contributed by atoms with Gasteiger partial charge in [-0.05, 0) is 23.8 Å². The van der Waals surface area contributed by atoms with Crippen molar-refractivity contribution >= 4 is 39.0 Å². The number of benzene rings is 2. The fraction of sp³-hybridized carbons (Fsp3) is 0.188. The smallest absolute Gasteiger partial charge is 0.151 e. The Bertz CT molecular complexity index is 745. The molecule has 0 aliphatic carbocycles. The topological polar surface area (TPSA) is 71.2 Å². The molecule has 0 aliphatic rings. The first-order valence-corrected chi connectivity index (χ1v) is 8.75. The summed E-state index contributed by atoms with van der Waals surface area (Å²) in [5, 5.41) is 13.1. The molecule has 0 fully saturated rings. The van der Waals surface area contributed by atoms with Gasteiger partial charge in [0.25, 0.3) is 0 Å². The number of hydrogen-bond acceptors (Lipinski definition) is 6. The van der Waals surface area contributed by atoms with Gasteiger partial charge < -0.3 is 10.8 Å². The molecule has 22 heavy (non-hydrogen) atoms. The number of hydrogen-bond donors (Lipinski definition) is 3. The van der Waals surface area contributed by atoms with Crippen LogP contribution in [0, 0.1) is 0 Å². The van der Waals surface area contributed by atoms with Gasteiger partial charge in [-0.1, -0.05) is 42.1 Å². The number of aliphatic hydroxyl groups is 1. The van der Waals surface area contributed by atoms with Crippen LogP contribution in [0.4, 0.5) is 5.69 Å². The molecule has 6 heteroatoms. The van der Waals surface area contributed by atoms with Crippen molar-refractivity contribution in [3.05, 3.63) is 54.1 Å². The number of anilines is 1. The van der Waals surface area contributed by atoms with Crippen LogP contribution >= 0.6 is 23.1 Å². The average Bonchev–Trinajstić information content (AvgIpc) is 2.94. The first-order chi connectivity index (χ1) is 10.7. The third-order valence-electron chi connectivity index (χ3n) is 3.14. The van der Waals surface area contributed by atoms with Gasteiger partial charge >= 0.3 is 0 Å². The third kappa shape index (κ3) is 3.98.